The summed E-state index contributed by atoms with van der Waals surface area (Å²) in [6.07, 6.45) is 0. The van der Waals surface area contributed by atoms with Gasteiger partial charge < -0.3 is 10.1 Å². The number of benzene rings is 2. The first-order chi connectivity index (χ1) is 15.9. The van der Waals surface area contributed by atoms with E-state index in [-0.39, 0.29) is 18.1 Å². The molecule has 1 aromatic heterocycles. The molecule has 33 heavy (non-hydrogen) atoms. The summed E-state index contributed by atoms with van der Waals surface area (Å²) >= 11 is 8.09. The molecule has 1 aliphatic rings. The molecule has 2 heterocycles. The van der Waals surface area contributed by atoms with E-state index >= 15 is 0 Å². The first kappa shape index (κ1) is 23.7. The molecule has 0 radical (unpaired) electrons. The maximum atomic E-state index is 12.8. The van der Waals surface area contributed by atoms with Gasteiger partial charge in [-0.15, -0.1) is 5.10 Å². The van der Waals surface area contributed by atoms with Crippen molar-refractivity contribution < 1.29 is 14.3 Å². The van der Waals surface area contributed by atoms with Crippen LogP contribution in [0.25, 0.3) is 0 Å². The van der Waals surface area contributed by atoms with Crippen molar-refractivity contribution in [1.82, 2.24) is 14.8 Å². The van der Waals surface area contributed by atoms with Crippen LogP contribution in [0.3, 0.4) is 0 Å². The molecule has 2 aromatic carbocycles. The van der Waals surface area contributed by atoms with E-state index in [0.29, 0.717) is 27.9 Å². The Hall–Kier alpha value is -2.43. The molecule has 7 nitrogen and oxygen atoms in total. The Labute approximate surface area is 212 Å². The number of nitrogens with zero attached hydrogens (tertiary/aromatic N) is 3. The van der Waals surface area contributed by atoms with Crippen LogP contribution in [0.5, 0.6) is 0 Å². The van der Waals surface area contributed by atoms with Gasteiger partial charge in [0.2, 0.25) is 11.1 Å². The second-order valence-corrected chi connectivity index (χ2v) is 9.99. The molecule has 170 valence electrons. The number of ether oxygens (including phenoxy) is 1. The molecule has 1 atom stereocenters. The molecule has 3 aromatic rings. The summed E-state index contributed by atoms with van der Waals surface area (Å²) in [5.41, 5.74) is 2.63. The van der Waals surface area contributed by atoms with Gasteiger partial charge in [0.05, 0.1) is 17.9 Å². The van der Waals surface area contributed by atoms with Crippen LogP contribution in [-0.4, -0.2) is 38.9 Å². The minimum absolute atomic E-state index is 0.0146. The number of hydrogen-bond acceptors (Lipinski definition) is 7. The Kier molecular flexibility index (Phi) is 7.35. The highest BCUT2D eigenvalue weighted by Crippen LogP contribution is 2.37. The number of Topliss-reactive ketones (excluding diaryl/α,β-unsaturated/α-hetero) is 1. The fraction of sp³-hybridized carbons (Fsp3) is 0.217. The Bertz CT molecular complexity index is 1220. The zero-order chi connectivity index (χ0) is 23.5. The van der Waals surface area contributed by atoms with Crippen LogP contribution >= 0.6 is 43.6 Å². The number of hydrogen-bond donors (Lipinski definition) is 1. The van der Waals surface area contributed by atoms with Crippen molar-refractivity contribution in [3.8, 4) is 0 Å². The van der Waals surface area contributed by atoms with Gasteiger partial charge in [-0.1, -0.05) is 67.9 Å². The number of nitrogens with one attached hydrogen (secondary N) is 1. The van der Waals surface area contributed by atoms with Crippen LogP contribution in [0, 0.1) is 0 Å². The van der Waals surface area contributed by atoms with E-state index in [1.165, 1.54) is 11.8 Å². The normalized spacial score (nSPS) is 15.1. The number of carbonyl (C=O) groups is 2. The quantitative estimate of drug-likeness (QED) is 0.216. The molecule has 0 saturated carbocycles. The highest BCUT2D eigenvalue weighted by Gasteiger charge is 2.35. The molecule has 4 rings (SSSR count). The number of ketones is 1. The number of anilines is 1. The largest absolute Gasteiger partial charge is 0.463 e. The number of fused-ring (bicyclic) bond motifs is 1. The Morgan fingerprint density at radius 1 is 1.09 bits per heavy atom. The first-order valence-corrected chi connectivity index (χ1v) is 12.7. The van der Waals surface area contributed by atoms with E-state index in [1.54, 1.807) is 23.7 Å². The third kappa shape index (κ3) is 5.23. The fourth-order valence-corrected chi connectivity index (χ4v) is 4.72. The average Bonchev–Trinajstić information content (AvgIpc) is 3.20. The number of thioether (sulfide) groups is 1. The molecule has 1 aliphatic heterocycles. The molecule has 1 N–H and O–H groups in total. The molecule has 0 saturated heterocycles. The standard InChI is InChI=1S/C23H20Br2N4O3S/c1-3-32-21(31)19-13(2)26-22-27-23(33-12-18(30)14-4-8-16(24)9-5-14)28-29(22)20(19)15-6-10-17(25)11-7-15/h4-11,20H,3,12H2,1-2H3,(H,26,27,28). The molecular formula is C23H20Br2N4O3S. The average molecular weight is 592 g/mol. The van der Waals surface area contributed by atoms with E-state index in [0.717, 1.165) is 14.5 Å². The highest BCUT2D eigenvalue weighted by molar-refractivity contribution is 9.10. The van der Waals surface area contributed by atoms with Gasteiger partial charge in [0.25, 0.3) is 0 Å². The maximum absolute atomic E-state index is 12.8. The lowest BCUT2D eigenvalue weighted by atomic mass is 9.96. The van der Waals surface area contributed by atoms with E-state index in [9.17, 15) is 9.59 Å². The van der Waals surface area contributed by atoms with Gasteiger partial charge in [-0.05, 0) is 43.7 Å². The minimum Gasteiger partial charge on any atom is -0.463 e. The summed E-state index contributed by atoms with van der Waals surface area (Å²) in [6.45, 7) is 3.86. The smallest absolute Gasteiger partial charge is 0.338 e. The third-order valence-electron chi connectivity index (χ3n) is 5.01. The van der Waals surface area contributed by atoms with Gasteiger partial charge in [0.1, 0.15) is 6.04 Å². The van der Waals surface area contributed by atoms with Crippen LogP contribution < -0.4 is 5.32 Å². The van der Waals surface area contributed by atoms with Crippen molar-refractivity contribution >= 4 is 61.3 Å². The molecule has 1 unspecified atom stereocenters. The molecule has 0 fully saturated rings. The summed E-state index contributed by atoms with van der Waals surface area (Å²) in [5.74, 6) is 0.285. The zero-order valence-electron chi connectivity index (χ0n) is 17.8. The Morgan fingerprint density at radius 3 is 2.36 bits per heavy atom. The summed E-state index contributed by atoms with van der Waals surface area (Å²) in [5, 5.41) is 8.24. The zero-order valence-corrected chi connectivity index (χ0v) is 21.8. The van der Waals surface area contributed by atoms with Gasteiger partial charge in [0, 0.05) is 20.2 Å². The minimum atomic E-state index is -0.502. The van der Waals surface area contributed by atoms with Crippen LogP contribution in [0.4, 0.5) is 5.95 Å². The van der Waals surface area contributed by atoms with Crippen molar-refractivity contribution in [2.45, 2.75) is 25.0 Å². The van der Waals surface area contributed by atoms with Gasteiger partial charge in [-0.25, -0.2) is 9.48 Å². The molecule has 0 amide bonds. The second kappa shape index (κ2) is 10.2. The van der Waals surface area contributed by atoms with Crippen LogP contribution in [0.15, 0.2) is 73.9 Å². The highest BCUT2D eigenvalue weighted by atomic mass is 79.9. The summed E-state index contributed by atoms with van der Waals surface area (Å²) < 4.78 is 8.85. The van der Waals surface area contributed by atoms with Crippen molar-refractivity contribution in [2.75, 3.05) is 17.7 Å². The number of allylic oxidation sites excluding steroid dienone is 1. The van der Waals surface area contributed by atoms with Crippen molar-refractivity contribution in [2.24, 2.45) is 0 Å². The number of carbonyl (C=O) groups excluding carboxylic acids is 2. The number of aromatic nitrogens is 3. The van der Waals surface area contributed by atoms with Gasteiger partial charge in [-0.3, -0.25) is 4.79 Å². The van der Waals surface area contributed by atoms with Crippen LogP contribution in [0.1, 0.15) is 35.8 Å². The van der Waals surface area contributed by atoms with E-state index in [4.69, 9.17) is 4.74 Å². The summed E-state index contributed by atoms with van der Waals surface area (Å²) in [7, 11) is 0. The summed E-state index contributed by atoms with van der Waals surface area (Å²) in [4.78, 5) is 30.0. The number of esters is 1. The number of rotatable bonds is 7. The molecule has 0 aliphatic carbocycles. The Morgan fingerprint density at radius 2 is 1.73 bits per heavy atom. The predicted octanol–water partition coefficient (Wildman–Crippen LogP) is 5.63. The van der Waals surface area contributed by atoms with Crippen LogP contribution in [0.2, 0.25) is 0 Å². The van der Waals surface area contributed by atoms with E-state index in [2.05, 4.69) is 47.3 Å². The van der Waals surface area contributed by atoms with Crippen molar-refractivity contribution in [1.29, 1.82) is 0 Å². The maximum Gasteiger partial charge on any atom is 0.338 e. The van der Waals surface area contributed by atoms with Crippen LogP contribution in [-0.2, 0) is 9.53 Å². The molecular weight excluding hydrogens is 572 g/mol. The molecule has 10 heteroatoms. The molecule has 0 bridgehead atoms. The second-order valence-electron chi connectivity index (χ2n) is 7.22. The van der Waals surface area contributed by atoms with E-state index < -0.39 is 12.0 Å². The van der Waals surface area contributed by atoms with Gasteiger partial charge >= 0.3 is 5.97 Å². The lowest BCUT2D eigenvalue weighted by Gasteiger charge is -2.28. The first-order valence-electron chi connectivity index (χ1n) is 10.2. The van der Waals surface area contributed by atoms with Gasteiger partial charge in [-0.2, -0.15) is 4.98 Å². The van der Waals surface area contributed by atoms with Crippen molar-refractivity contribution in [3.63, 3.8) is 0 Å². The number of halogens is 2. The monoisotopic (exact) mass is 590 g/mol. The lowest BCUT2D eigenvalue weighted by molar-refractivity contribution is -0.139. The van der Waals surface area contributed by atoms with Gasteiger partial charge in [0.15, 0.2) is 5.78 Å². The topological polar surface area (TPSA) is 86.1 Å². The predicted molar refractivity (Wildman–Crippen MR) is 134 cm³/mol. The SMILES string of the molecule is CCOC(=O)C1=C(C)Nc2nc(SCC(=O)c3ccc(Br)cc3)nn2C1c1ccc(Br)cc1. The third-order valence-corrected chi connectivity index (χ3v) is 6.91. The lowest BCUT2D eigenvalue weighted by Crippen LogP contribution is -2.29. The van der Waals surface area contributed by atoms with E-state index in [1.807, 2.05) is 43.3 Å². The fourth-order valence-electron chi connectivity index (χ4n) is 3.47. The van der Waals surface area contributed by atoms with Crippen molar-refractivity contribution in [3.05, 3.63) is 79.9 Å². The summed E-state index contributed by atoms with van der Waals surface area (Å²) in [6, 6.07) is 14.4. The molecule has 0 spiro atoms. The Balaban J connectivity index is 1.63.